The maximum absolute atomic E-state index is 11.6. The van der Waals surface area contributed by atoms with Crippen molar-refractivity contribution in [3.05, 3.63) is 29.8 Å². The van der Waals surface area contributed by atoms with Crippen molar-refractivity contribution >= 4 is 11.7 Å². The first kappa shape index (κ1) is 14.2. The Kier molecular flexibility index (Phi) is 4.45. The van der Waals surface area contributed by atoms with E-state index in [-0.39, 0.29) is 18.3 Å². The minimum absolute atomic E-state index is 0.00990. The summed E-state index contributed by atoms with van der Waals surface area (Å²) in [5, 5.41) is 14.3. The zero-order valence-corrected chi connectivity index (χ0v) is 11.4. The molecule has 0 aliphatic heterocycles. The second-order valence-electron chi connectivity index (χ2n) is 5.08. The Labute approximate surface area is 117 Å². The minimum atomic E-state index is -0.121. The second kappa shape index (κ2) is 6.27. The SMILES string of the molecule is CC1CC1CNC(=O)COc1ccc(/C(N)=N/O)cc1. The summed E-state index contributed by atoms with van der Waals surface area (Å²) < 4.78 is 5.36. The fourth-order valence-corrected chi connectivity index (χ4v) is 1.91. The fraction of sp³-hybridized carbons (Fsp3) is 0.429. The largest absolute Gasteiger partial charge is 0.484 e. The van der Waals surface area contributed by atoms with Gasteiger partial charge in [-0.2, -0.15) is 0 Å². The number of amides is 1. The van der Waals surface area contributed by atoms with Gasteiger partial charge in [0.25, 0.3) is 5.91 Å². The van der Waals surface area contributed by atoms with Crippen LogP contribution in [-0.4, -0.2) is 30.1 Å². The van der Waals surface area contributed by atoms with Crippen LogP contribution in [0.2, 0.25) is 0 Å². The Balaban J connectivity index is 1.74. The third-order valence-electron chi connectivity index (χ3n) is 3.47. The van der Waals surface area contributed by atoms with Gasteiger partial charge in [0.15, 0.2) is 12.4 Å². The van der Waals surface area contributed by atoms with Gasteiger partial charge in [0.2, 0.25) is 0 Å². The lowest BCUT2D eigenvalue weighted by Crippen LogP contribution is -2.30. The van der Waals surface area contributed by atoms with E-state index < -0.39 is 0 Å². The molecule has 1 aromatic carbocycles. The van der Waals surface area contributed by atoms with E-state index in [0.29, 0.717) is 17.2 Å². The highest BCUT2D eigenvalue weighted by Crippen LogP contribution is 2.36. The highest BCUT2D eigenvalue weighted by atomic mass is 16.5. The molecule has 1 fully saturated rings. The van der Waals surface area contributed by atoms with E-state index in [9.17, 15) is 4.79 Å². The fourth-order valence-electron chi connectivity index (χ4n) is 1.91. The van der Waals surface area contributed by atoms with Crippen LogP contribution in [-0.2, 0) is 4.79 Å². The molecule has 1 aliphatic rings. The monoisotopic (exact) mass is 277 g/mol. The number of rotatable bonds is 6. The van der Waals surface area contributed by atoms with Gasteiger partial charge >= 0.3 is 0 Å². The van der Waals surface area contributed by atoms with Gasteiger partial charge < -0.3 is 21.0 Å². The molecule has 0 radical (unpaired) electrons. The summed E-state index contributed by atoms with van der Waals surface area (Å²) in [7, 11) is 0. The molecule has 0 spiro atoms. The predicted molar refractivity (Wildman–Crippen MR) is 74.7 cm³/mol. The molecule has 1 amide bonds. The van der Waals surface area contributed by atoms with Crippen LogP contribution in [0.5, 0.6) is 5.75 Å². The second-order valence-corrected chi connectivity index (χ2v) is 5.08. The van der Waals surface area contributed by atoms with E-state index in [1.807, 2.05) is 0 Å². The summed E-state index contributed by atoms with van der Waals surface area (Å²) in [5.74, 6) is 1.83. The van der Waals surface area contributed by atoms with Crippen LogP contribution < -0.4 is 15.8 Å². The molecule has 2 rings (SSSR count). The zero-order valence-electron chi connectivity index (χ0n) is 11.4. The van der Waals surface area contributed by atoms with Crippen molar-refractivity contribution in [2.24, 2.45) is 22.7 Å². The van der Waals surface area contributed by atoms with E-state index in [4.69, 9.17) is 15.7 Å². The predicted octanol–water partition coefficient (Wildman–Crippen LogP) is 0.932. The number of nitrogens with zero attached hydrogens (tertiary/aromatic N) is 1. The topological polar surface area (TPSA) is 96.9 Å². The quantitative estimate of drug-likeness (QED) is 0.312. The summed E-state index contributed by atoms with van der Waals surface area (Å²) in [6, 6.07) is 6.66. The average Bonchev–Trinajstić information content (AvgIpc) is 3.18. The van der Waals surface area contributed by atoms with Crippen molar-refractivity contribution in [1.29, 1.82) is 0 Å². The number of oxime groups is 1. The first-order chi connectivity index (χ1) is 9.60. The smallest absolute Gasteiger partial charge is 0.257 e. The molecule has 1 aliphatic carbocycles. The Bertz CT molecular complexity index is 499. The lowest BCUT2D eigenvalue weighted by atomic mass is 10.2. The molecule has 1 aromatic rings. The summed E-state index contributed by atoms with van der Waals surface area (Å²) in [6.45, 7) is 2.89. The highest BCUT2D eigenvalue weighted by molar-refractivity contribution is 5.97. The standard InChI is InChI=1S/C14H19N3O3/c1-9-6-11(9)7-16-13(18)8-20-12-4-2-10(3-5-12)14(15)17-19/h2-5,9,11,19H,6-8H2,1H3,(H2,15,17)(H,16,18). The van der Waals surface area contributed by atoms with Crippen LogP contribution in [0.3, 0.4) is 0 Å². The van der Waals surface area contributed by atoms with Crippen molar-refractivity contribution in [2.75, 3.05) is 13.2 Å². The molecule has 6 nitrogen and oxygen atoms in total. The van der Waals surface area contributed by atoms with E-state index in [1.165, 1.54) is 6.42 Å². The maximum atomic E-state index is 11.6. The molecule has 4 N–H and O–H groups in total. The van der Waals surface area contributed by atoms with Crippen molar-refractivity contribution in [1.82, 2.24) is 5.32 Å². The van der Waals surface area contributed by atoms with Gasteiger partial charge in [-0.15, -0.1) is 0 Å². The van der Waals surface area contributed by atoms with E-state index >= 15 is 0 Å². The molecule has 0 heterocycles. The lowest BCUT2D eigenvalue weighted by molar-refractivity contribution is -0.123. The lowest BCUT2D eigenvalue weighted by Gasteiger charge is -2.07. The minimum Gasteiger partial charge on any atom is -0.484 e. The summed E-state index contributed by atoms with van der Waals surface area (Å²) >= 11 is 0. The van der Waals surface area contributed by atoms with Crippen molar-refractivity contribution in [2.45, 2.75) is 13.3 Å². The van der Waals surface area contributed by atoms with Gasteiger partial charge in [-0.3, -0.25) is 4.79 Å². The molecule has 108 valence electrons. The number of ether oxygens (including phenoxy) is 1. The van der Waals surface area contributed by atoms with Crippen LogP contribution in [0, 0.1) is 11.8 Å². The number of carbonyl (C=O) groups excluding carboxylic acids is 1. The molecule has 2 atom stereocenters. The van der Waals surface area contributed by atoms with Crippen molar-refractivity contribution in [3.63, 3.8) is 0 Å². The molecule has 20 heavy (non-hydrogen) atoms. The molecule has 6 heteroatoms. The average molecular weight is 277 g/mol. The van der Waals surface area contributed by atoms with E-state index in [1.54, 1.807) is 24.3 Å². The third-order valence-corrected chi connectivity index (χ3v) is 3.47. The van der Waals surface area contributed by atoms with Crippen molar-refractivity contribution < 1.29 is 14.7 Å². The molecule has 0 bridgehead atoms. The molecule has 1 saturated carbocycles. The Morgan fingerprint density at radius 3 is 2.70 bits per heavy atom. The summed E-state index contributed by atoms with van der Waals surface area (Å²) in [6.07, 6.45) is 1.19. The van der Waals surface area contributed by atoms with Gasteiger partial charge in [0.05, 0.1) is 0 Å². The zero-order chi connectivity index (χ0) is 14.5. The van der Waals surface area contributed by atoms with Gasteiger partial charge in [0.1, 0.15) is 5.75 Å². The Hall–Kier alpha value is -2.24. The maximum Gasteiger partial charge on any atom is 0.257 e. The van der Waals surface area contributed by atoms with Gasteiger partial charge in [-0.1, -0.05) is 12.1 Å². The summed E-state index contributed by atoms with van der Waals surface area (Å²) in [4.78, 5) is 11.6. The van der Waals surface area contributed by atoms with Crippen LogP contribution in [0.15, 0.2) is 29.4 Å². The van der Waals surface area contributed by atoms with Crippen molar-refractivity contribution in [3.8, 4) is 5.75 Å². The number of carbonyl (C=O) groups is 1. The third kappa shape index (κ3) is 3.88. The Morgan fingerprint density at radius 1 is 1.50 bits per heavy atom. The van der Waals surface area contributed by atoms with Crippen LogP contribution in [0.4, 0.5) is 0 Å². The van der Waals surface area contributed by atoms with Crippen LogP contribution >= 0.6 is 0 Å². The highest BCUT2D eigenvalue weighted by Gasteiger charge is 2.32. The van der Waals surface area contributed by atoms with Crippen LogP contribution in [0.1, 0.15) is 18.9 Å². The first-order valence-corrected chi connectivity index (χ1v) is 6.57. The normalized spacial score (nSPS) is 21.4. The van der Waals surface area contributed by atoms with Crippen LogP contribution in [0.25, 0.3) is 0 Å². The first-order valence-electron chi connectivity index (χ1n) is 6.57. The number of hydrogen-bond donors (Lipinski definition) is 3. The number of benzene rings is 1. The number of nitrogens with two attached hydrogens (primary N) is 1. The number of hydrogen-bond acceptors (Lipinski definition) is 4. The molecule has 2 unspecified atom stereocenters. The molecule has 0 aromatic heterocycles. The van der Waals surface area contributed by atoms with E-state index in [0.717, 1.165) is 12.5 Å². The van der Waals surface area contributed by atoms with E-state index in [2.05, 4.69) is 17.4 Å². The van der Waals surface area contributed by atoms with Gasteiger partial charge in [0, 0.05) is 12.1 Å². The summed E-state index contributed by atoms with van der Waals surface area (Å²) in [5.41, 5.74) is 6.04. The molecule has 0 saturated heterocycles. The number of amidine groups is 1. The Morgan fingerprint density at radius 2 is 2.15 bits per heavy atom. The molecular formula is C14H19N3O3. The van der Waals surface area contributed by atoms with Gasteiger partial charge in [-0.25, -0.2) is 0 Å². The van der Waals surface area contributed by atoms with Gasteiger partial charge in [-0.05, 0) is 42.5 Å². The molecular weight excluding hydrogens is 258 g/mol. The number of nitrogens with one attached hydrogen (secondary N) is 1.